The number of ether oxygens (including phenoxy) is 1. The number of nitrogens with one attached hydrogen (secondary N) is 3. The molecule has 224 valence electrons. The molecule has 1 saturated carbocycles. The Labute approximate surface area is 253 Å². The van der Waals surface area contributed by atoms with Gasteiger partial charge in [-0.05, 0) is 73.3 Å². The fraction of sp³-hybridized carbons (Fsp3) is 0.533. The number of carbonyl (C=O) groups is 3. The molecular weight excluding hydrogens is 584 g/mol. The van der Waals surface area contributed by atoms with Crippen molar-refractivity contribution >= 4 is 46.6 Å². The monoisotopic (exact) mass is 617 g/mol. The molecule has 12 heteroatoms. The van der Waals surface area contributed by atoms with E-state index in [4.69, 9.17) is 33.7 Å². The number of amides is 3. The fourth-order valence-electron chi connectivity index (χ4n) is 7.71. The molecular formula is C30H34Cl2FN5O4. The number of hydrogen-bond acceptors (Lipinski definition) is 6. The smallest absolute Gasteiger partial charge is 0.246 e. The summed E-state index contributed by atoms with van der Waals surface area (Å²) in [6, 6.07) is 5.34. The first-order valence-electron chi connectivity index (χ1n) is 14.3. The van der Waals surface area contributed by atoms with Crippen molar-refractivity contribution < 1.29 is 23.5 Å². The highest BCUT2D eigenvalue weighted by molar-refractivity contribution is 6.31. The molecule has 1 aromatic heterocycles. The second-order valence-corrected chi connectivity index (χ2v) is 13.6. The van der Waals surface area contributed by atoms with E-state index in [0.29, 0.717) is 42.0 Å². The summed E-state index contributed by atoms with van der Waals surface area (Å²) in [5, 5.41) is 9.81. The highest BCUT2D eigenvalue weighted by Crippen LogP contribution is 2.64. The molecule has 5 N–H and O–H groups in total. The Kier molecular flexibility index (Phi) is 7.28. The molecule has 2 saturated heterocycles. The van der Waals surface area contributed by atoms with Crippen LogP contribution in [0.4, 0.5) is 10.1 Å². The minimum atomic E-state index is -1.35. The number of nitrogens with zero attached hydrogens (tertiary/aromatic N) is 1. The van der Waals surface area contributed by atoms with Crippen LogP contribution in [0, 0.1) is 11.2 Å². The third kappa shape index (κ3) is 4.49. The number of aromatic nitrogens is 1. The predicted octanol–water partition coefficient (Wildman–Crippen LogP) is 3.96. The summed E-state index contributed by atoms with van der Waals surface area (Å²) in [6.45, 7) is 4.49. The Morgan fingerprint density at radius 2 is 1.88 bits per heavy atom. The Bertz CT molecular complexity index is 1450. The topological polar surface area (TPSA) is 135 Å². The van der Waals surface area contributed by atoms with Crippen molar-refractivity contribution in [2.45, 2.75) is 87.4 Å². The van der Waals surface area contributed by atoms with Gasteiger partial charge in [0.25, 0.3) is 0 Å². The molecule has 3 amide bonds. The first-order valence-corrected chi connectivity index (χ1v) is 15.0. The Balaban J connectivity index is 1.49. The number of nitrogens with two attached hydrogens (primary N) is 1. The van der Waals surface area contributed by atoms with E-state index < -0.39 is 46.6 Å². The lowest BCUT2D eigenvalue weighted by molar-refractivity contribution is -0.134. The molecule has 1 aromatic carbocycles. The van der Waals surface area contributed by atoms with Gasteiger partial charge in [-0.3, -0.25) is 19.7 Å². The number of fused-ring (bicyclic) bond motifs is 3. The number of pyridine rings is 1. The second-order valence-electron chi connectivity index (χ2n) is 12.8. The van der Waals surface area contributed by atoms with Crippen LogP contribution in [0.25, 0.3) is 0 Å². The molecule has 1 aliphatic carbocycles. The minimum absolute atomic E-state index is 0.0312. The van der Waals surface area contributed by atoms with Crippen LogP contribution in [0.1, 0.15) is 69.4 Å². The molecule has 9 nitrogen and oxygen atoms in total. The van der Waals surface area contributed by atoms with E-state index in [9.17, 15) is 14.4 Å². The SMILES string of the molecule is CC1(C)CCC2(CC1)N[C@@H](C(=O)N[C@H]1CC[C@H](C(N)=O)OC1)[C@H](c1ccnc(Cl)c1F)[C@]21C(=O)Nc2cc(Cl)ccc21. The average molecular weight is 619 g/mol. The zero-order valence-electron chi connectivity index (χ0n) is 23.4. The molecule has 0 radical (unpaired) electrons. The van der Waals surface area contributed by atoms with E-state index in [1.807, 2.05) is 6.07 Å². The standard InChI is InChI=1S/C30H34Cl2FN5O4/c1-28(2)8-10-29(11-9-28)30(18-5-3-15(31)13-19(18)37-27(30)41)21(17-7-12-35-24(32)22(17)33)23(38-29)26(40)36-16-4-6-20(25(34)39)42-14-16/h3,5,7,12-13,16,20-21,23,38H,4,6,8-11,14H2,1-2H3,(H2,34,39)(H,36,40)(H,37,41)/t16-,20+,21-,23+,30+/m0/s1. The van der Waals surface area contributed by atoms with Gasteiger partial charge in [-0.2, -0.15) is 0 Å². The van der Waals surface area contributed by atoms with Crippen molar-refractivity contribution in [3.8, 4) is 0 Å². The summed E-state index contributed by atoms with van der Waals surface area (Å²) < 4.78 is 21.6. The zero-order valence-corrected chi connectivity index (χ0v) is 24.9. The van der Waals surface area contributed by atoms with Crippen molar-refractivity contribution in [1.29, 1.82) is 0 Å². The fourth-order valence-corrected chi connectivity index (χ4v) is 8.05. The van der Waals surface area contributed by atoms with Crippen LogP contribution in [0.5, 0.6) is 0 Å². The van der Waals surface area contributed by atoms with E-state index in [1.54, 1.807) is 12.1 Å². The lowest BCUT2D eigenvalue weighted by Crippen LogP contribution is -2.61. The van der Waals surface area contributed by atoms with Crippen LogP contribution in [0.3, 0.4) is 0 Å². The van der Waals surface area contributed by atoms with Crippen LogP contribution >= 0.6 is 23.2 Å². The summed E-state index contributed by atoms with van der Waals surface area (Å²) in [5.41, 5.74) is 4.54. The van der Waals surface area contributed by atoms with Crippen molar-refractivity contribution in [2.75, 3.05) is 11.9 Å². The van der Waals surface area contributed by atoms with Gasteiger partial charge in [-0.15, -0.1) is 0 Å². The zero-order chi connectivity index (χ0) is 30.0. The van der Waals surface area contributed by atoms with Crippen LogP contribution in [0.15, 0.2) is 30.5 Å². The first-order chi connectivity index (χ1) is 19.9. The largest absolute Gasteiger partial charge is 0.367 e. The molecule has 0 bridgehead atoms. The Hall–Kier alpha value is -2.79. The third-order valence-electron chi connectivity index (χ3n) is 9.89. The normalized spacial score (nSPS) is 31.1. The van der Waals surface area contributed by atoms with Crippen molar-refractivity contribution in [2.24, 2.45) is 11.1 Å². The lowest BCUT2D eigenvalue weighted by atomic mass is 9.53. The van der Waals surface area contributed by atoms with Crippen molar-refractivity contribution in [3.05, 3.63) is 57.6 Å². The summed E-state index contributed by atoms with van der Waals surface area (Å²) in [7, 11) is 0. The number of halogens is 3. The molecule has 4 aliphatic rings. The highest BCUT2D eigenvalue weighted by Gasteiger charge is 2.73. The number of primary amides is 1. The van der Waals surface area contributed by atoms with Gasteiger partial charge in [0.05, 0.1) is 18.7 Å². The summed E-state index contributed by atoms with van der Waals surface area (Å²) >= 11 is 12.5. The maximum atomic E-state index is 16.0. The van der Waals surface area contributed by atoms with E-state index in [1.165, 1.54) is 12.3 Å². The summed E-state index contributed by atoms with van der Waals surface area (Å²) in [4.78, 5) is 44.2. The van der Waals surface area contributed by atoms with Crippen LogP contribution in [-0.4, -0.2) is 53.0 Å². The third-order valence-corrected chi connectivity index (χ3v) is 10.4. The molecule has 2 spiro atoms. The van der Waals surface area contributed by atoms with Crippen molar-refractivity contribution in [1.82, 2.24) is 15.6 Å². The number of rotatable bonds is 4. The highest BCUT2D eigenvalue weighted by atomic mass is 35.5. The first kappa shape index (κ1) is 29.3. The molecule has 42 heavy (non-hydrogen) atoms. The van der Waals surface area contributed by atoms with Crippen LogP contribution < -0.4 is 21.7 Å². The molecule has 6 rings (SSSR count). The van der Waals surface area contributed by atoms with E-state index >= 15 is 4.39 Å². The van der Waals surface area contributed by atoms with Gasteiger partial charge in [0.1, 0.15) is 11.5 Å². The summed E-state index contributed by atoms with van der Waals surface area (Å²) in [5.74, 6) is -2.99. The molecule has 5 atom stereocenters. The van der Waals surface area contributed by atoms with Crippen LogP contribution in [-0.2, 0) is 24.5 Å². The average Bonchev–Trinajstić information content (AvgIpc) is 3.40. The number of hydrogen-bond donors (Lipinski definition) is 4. The number of anilines is 1. The predicted molar refractivity (Wildman–Crippen MR) is 156 cm³/mol. The maximum absolute atomic E-state index is 16.0. The molecule has 3 fully saturated rings. The van der Waals surface area contributed by atoms with E-state index in [-0.39, 0.29) is 34.7 Å². The van der Waals surface area contributed by atoms with E-state index in [2.05, 4.69) is 34.8 Å². The van der Waals surface area contributed by atoms with Gasteiger partial charge in [-0.1, -0.05) is 43.1 Å². The minimum Gasteiger partial charge on any atom is -0.367 e. The Morgan fingerprint density at radius 3 is 2.55 bits per heavy atom. The van der Waals surface area contributed by atoms with Gasteiger partial charge < -0.3 is 21.1 Å². The maximum Gasteiger partial charge on any atom is 0.246 e. The number of carbonyl (C=O) groups excluding carboxylic acids is 3. The lowest BCUT2D eigenvalue weighted by Gasteiger charge is -2.50. The molecule has 2 aromatic rings. The molecule has 3 aliphatic heterocycles. The quantitative estimate of drug-likeness (QED) is 0.384. The molecule has 4 heterocycles. The number of benzene rings is 1. The van der Waals surface area contributed by atoms with Gasteiger partial charge in [-0.25, -0.2) is 9.37 Å². The van der Waals surface area contributed by atoms with Crippen molar-refractivity contribution in [3.63, 3.8) is 0 Å². The Morgan fingerprint density at radius 1 is 1.14 bits per heavy atom. The molecule has 0 unspecified atom stereocenters. The van der Waals surface area contributed by atoms with Gasteiger partial charge in [0.2, 0.25) is 17.7 Å². The van der Waals surface area contributed by atoms with Gasteiger partial charge in [0.15, 0.2) is 11.0 Å². The van der Waals surface area contributed by atoms with Gasteiger partial charge >= 0.3 is 0 Å². The van der Waals surface area contributed by atoms with Crippen LogP contribution in [0.2, 0.25) is 10.2 Å². The summed E-state index contributed by atoms with van der Waals surface area (Å²) in [6.07, 6.45) is 4.31. The second kappa shape index (κ2) is 10.4. The van der Waals surface area contributed by atoms with Gasteiger partial charge in [0, 0.05) is 28.4 Å². The van der Waals surface area contributed by atoms with E-state index in [0.717, 1.165) is 12.8 Å².